The highest BCUT2D eigenvalue weighted by Crippen LogP contribution is 2.48. The van der Waals surface area contributed by atoms with Crippen molar-refractivity contribution in [1.82, 2.24) is 0 Å². The van der Waals surface area contributed by atoms with Gasteiger partial charge in [0.25, 0.3) is 0 Å². The quantitative estimate of drug-likeness (QED) is 0.703. The van der Waals surface area contributed by atoms with Crippen LogP contribution in [0.25, 0.3) is 0 Å². The van der Waals surface area contributed by atoms with Gasteiger partial charge in [0.05, 0.1) is 6.61 Å². The summed E-state index contributed by atoms with van der Waals surface area (Å²) in [4.78, 5) is 0. The van der Waals surface area contributed by atoms with Crippen LogP contribution in [-0.2, 0) is 13.6 Å². The van der Waals surface area contributed by atoms with Crippen LogP contribution in [-0.4, -0.2) is 13.7 Å². The van der Waals surface area contributed by atoms with Gasteiger partial charge in [0.2, 0.25) is 0 Å². The molecule has 0 aliphatic carbocycles. The molecule has 0 aromatic heterocycles. The van der Waals surface area contributed by atoms with Gasteiger partial charge in [-0.1, -0.05) is 25.1 Å². The van der Waals surface area contributed by atoms with Crippen LogP contribution in [0.15, 0.2) is 30.3 Å². The van der Waals surface area contributed by atoms with Crippen molar-refractivity contribution in [2.45, 2.75) is 13.3 Å². The van der Waals surface area contributed by atoms with Gasteiger partial charge in [0.1, 0.15) is 5.75 Å². The first-order chi connectivity index (χ1) is 7.20. The zero-order chi connectivity index (χ0) is 11.1. The Hall–Kier alpha value is -0.830. The summed E-state index contributed by atoms with van der Waals surface area (Å²) in [5.41, 5.74) is 0. The highest BCUT2D eigenvalue weighted by molar-refractivity contribution is 7.48. The monoisotopic (exact) mass is 230 g/mol. The maximum atomic E-state index is 11.8. The third-order valence-electron chi connectivity index (χ3n) is 1.64. The average molecular weight is 230 g/mol. The Morgan fingerprint density at radius 2 is 1.93 bits per heavy atom. The zero-order valence-electron chi connectivity index (χ0n) is 8.88. The molecule has 1 rings (SSSR count). The molecule has 5 heteroatoms. The second-order valence-corrected chi connectivity index (χ2v) is 4.57. The van der Waals surface area contributed by atoms with E-state index in [2.05, 4.69) is 0 Å². The lowest BCUT2D eigenvalue weighted by Crippen LogP contribution is -2.00. The fourth-order valence-corrected chi connectivity index (χ4v) is 1.95. The van der Waals surface area contributed by atoms with E-state index in [0.29, 0.717) is 12.4 Å². The van der Waals surface area contributed by atoms with Crippen molar-refractivity contribution in [2.75, 3.05) is 13.7 Å². The van der Waals surface area contributed by atoms with Crippen LogP contribution in [0.2, 0.25) is 0 Å². The number of hydrogen-bond acceptors (Lipinski definition) is 4. The molecule has 15 heavy (non-hydrogen) atoms. The molecule has 1 unspecified atom stereocenters. The smallest absolute Gasteiger partial charge is 0.404 e. The van der Waals surface area contributed by atoms with Crippen LogP contribution in [0.3, 0.4) is 0 Å². The number of hydrogen-bond donors (Lipinski definition) is 0. The summed E-state index contributed by atoms with van der Waals surface area (Å²) in [6.45, 7) is 2.26. The summed E-state index contributed by atoms with van der Waals surface area (Å²) in [6, 6.07) is 8.81. The second kappa shape index (κ2) is 5.91. The molecular weight excluding hydrogens is 215 g/mol. The van der Waals surface area contributed by atoms with Gasteiger partial charge in [-0.2, -0.15) is 0 Å². The first-order valence-corrected chi connectivity index (χ1v) is 6.21. The van der Waals surface area contributed by atoms with Crippen LogP contribution < -0.4 is 4.52 Å². The number of phosphoric ester groups is 1. The van der Waals surface area contributed by atoms with Crippen LogP contribution >= 0.6 is 7.82 Å². The molecule has 1 atom stereocenters. The highest BCUT2D eigenvalue weighted by atomic mass is 31.2. The Labute approximate surface area is 89.8 Å². The van der Waals surface area contributed by atoms with Gasteiger partial charge in [-0.05, 0) is 18.6 Å². The summed E-state index contributed by atoms with van der Waals surface area (Å²) in [5, 5.41) is 0. The Morgan fingerprint density at radius 3 is 2.47 bits per heavy atom. The van der Waals surface area contributed by atoms with E-state index in [1.165, 1.54) is 7.11 Å². The summed E-state index contributed by atoms with van der Waals surface area (Å²) in [6.07, 6.45) is 0.755. The maximum absolute atomic E-state index is 11.8. The molecule has 84 valence electrons. The molecule has 0 aliphatic heterocycles. The molecule has 0 heterocycles. The lowest BCUT2D eigenvalue weighted by molar-refractivity contribution is 0.180. The fraction of sp³-hybridized carbons (Fsp3) is 0.400. The third-order valence-corrected chi connectivity index (χ3v) is 3.02. The molecule has 0 N–H and O–H groups in total. The standard InChI is InChI=1S/C10H15O4P/c1-3-9-13-15(11,12-2)14-10-7-5-4-6-8-10/h4-8H,3,9H2,1-2H3. The normalized spacial score (nSPS) is 14.5. The van der Waals surface area contributed by atoms with Gasteiger partial charge in [-0.25, -0.2) is 4.57 Å². The Morgan fingerprint density at radius 1 is 1.27 bits per heavy atom. The number of phosphoric acid groups is 1. The third kappa shape index (κ3) is 4.04. The molecule has 0 aliphatic rings. The van der Waals surface area contributed by atoms with Crippen molar-refractivity contribution >= 4 is 7.82 Å². The molecule has 0 radical (unpaired) electrons. The molecular formula is C10H15O4P. The molecule has 1 aromatic carbocycles. The number of benzene rings is 1. The van der Waals surface area contributed by atoms with Gasteiger partial charge in [0.15, 0.2) is 0 Å². The predicted octanol–water partition coefficient (Wildman–Crippen LogP) is 3.25. The Balaban J connectivity index is 2.64. The summed E-state index contributed by atoms with van der Waals surface area (Å²) in [5.74, 6) is 0.471. The van der Waals surface area contributed by atoms with Crippen molar-refractivity contribution in [2.24, 2.45) is 0 Å². The molecule has 0 fully saturated rings. The molecule has 0 saturated heterocycles. The molecule has 4 nitrogen and oxygen atoms in total. The van der Waals surface area contributed by atoms with E-state index < -0.39 is 7.82 Å². The molecule has 0 bridgehead atoms. The number of rotatable bonds is 6. The summed E-state index contributed by atoms with van der Waals surface area (Å²) in [7, 11) is -2.13. The SMILES string of the molecule is CCCOP(=O)(OC)Oc1ccccc1. The van der Waals surface area contributed by atoms with Crippen LogP contribution in [0.4, 0.5) is 0 Å². The van der Waals surface area contributed by atoms with Gasteiger partial charge in [0, 0.05) is 7.11 Å². The van der Waals surface area contributed by atoms with E-state index in [0.717, 1.165) is 6.42 Å². The summed E-state index contributed by atoms with van der Waals surface area (Å²) < 4.78 is 26.8. The average Bonchev–Trinajstić information content (AvgIpc) is 2.28. The molecule has 1 aromatic rings. The largest absolute Gasteiger partial charge is 0.529 e. The lowest BCUT2D eigenvalue weighted by Gasteiger charge is -2.15. The van der Waals surface area contributed by atoms with Gasteiger partial charge in [-0.15, -0.1) is 0 Å². The minimum Gasteiger partial charge on any atom is -0.404 e. The van der Waals surface area contributed by atoms with Crippen molar-refractivity contribution in [3.8, 4) is 5.75 Å². The fourth-order valence-electron chi connectivity index (χ4n) is 0.930. The summed E-state index contributed by atoms with van der Waals surface area (Å²) >= 11 is 0. The zero-order valence-corrected chi connectivity index (χ0v) is 9.78. The van der Waals surface area contributed by atoms with E-state index in [-0.39, 0.29) is 0 Å². The van der Waals surface area contributed by atoms with Crippen molar-refractivity contribution in [1.29, 1.82) is 0 Å². The van der Waals surface area contributed by atoms with E-state index in [9.17, 15) is 4.57 Å². The van der Waals surface area contributed by atoms with E-state index >= 15 is 0 Å². The highest BCUT2D eigenvalue weighted by Gasteiger charge is 2.25. The minimum atomic E-state index is -3.44. The predicted molar refractivity (Wildman–Crippen MR) is 57.9 cm³/mol. The topological polar surface area (TPSA) is 44.8 Å². The Bertz CT molecular complexity index is 325. The first kappa shape index (κ1) is 12.2. The molecule has 0 amide bonds. The lowest BCUT2D eigenvalue weighted by atomic mass is 10.3. The Kier molecular flexibility index (Phi) is 4.82. The van der Waals surface area contributed by atoms with Crippen molar-refractivity contribution in [3.05, 3.63) is 30.3 Å². The van der Waals surface area contributed by atoms with E-state index in [4.69, 9.17) is 13.6 Å². The molecule has 0 saturated carbocycles. The van der Waals surface area contributed by atoms with Gasteiger partial charge < -0.3 is 4.52 Å². The van der Waals surface area contributed by atoms with E-state index in [1.807, 2.05) is 13.0 Å². The molecule has 0 spiro atoms. The van der Waals surface area contributed by atoms with Crippen molar-refractivity contribution < 1.29 is 18.1 Å². The van der Waals surface area contributed by atoms with Crippen LogP contribution in [0.5, 0.6) is 5.75 Å². The van der Waals surface area contributed by atoms with Gasteiger partial charge in [-0.3, -0.25) is 9.05 Å². The van der Waals surface area contributed by atoms with Gasteiger partial charge >= 0.3 is 7.82 Å². The first-order valence-electron chi connectivity index (χ1n) is 4.75. The van der Waals surface area contributed by atoms with Crippen molar-refractivity contribution in [3.63, 3.8) is 0 Å². The second-order valence-electron chi connectivity index (χ2n) is 2.87. The van der Waals surface area contributed by atoms with E-state index in [1.54, 1.807) is 24.3 Å². The van der Waals surface area contributed by atoms with Crippen LogP contribution in [0.1, 0.15) is 13.3 Å². The number of para-hydroxylation sites is 1. The van der Waals surface area contributed by atoms with Crippen LogP contribution in [0, 0.1) is 0 Å². The maximum Gasteiger partial charge on any atom is 0.529 e. The minimum absolute atomic E-state index is 0.345.